The number of hydrogen-bond donors (Lipinski definition) is 2. The first-order valence-corrected chi connectivity index (χ1v) is 8.33. The molecule has 0 aliphatic heterocycles. The second-order valence-electron chi connectivity index (χ2n) is 5.68. The molecular weight excluding hydrogens is 298 g/mol. The summed E-state index contributed by atoms with van der Waals surface area (Å²) in [5.74, 6) is 0.808. The third kappa shape index (κ3) is 4.72. The van der Waals surface area contributed by atoms with Gasteiger partial charge in [0.25, 0.3) is 0 Å². The number of allylic oxidation sites excluding steroid dienone is 1. The van der Waals surface area contributed by atoms with Crippen molar-refractivity contribution in [2.24, 2.45) is 4.99 Å². The van der Waals surface area contributed by atoms with Gasteiger partial charge in [-0.25, -0.2) is 4.68 Å². The highest BCUT2D eigenvalue weighted by atomic mass is 15.3. The summed E-state index contributed by atoms with van der Waals surface area (Å²) < 4.78 is 1.99. The molecule has 2 N–H and O–H groups in total. The first-order chi connectivity index (χ1) is 11.7. The Bertz CT molecular complexity index is 712. The highest BCUT2D eigenvalue weighted by molar-refractivity contribution is 5.79. The van der Waals surface area contributed by atoms with Crippen molar-refractivity contribution in [3.05, 3.63) is 59.4 Å². The number of nitrogens with one attached hydrogen (secondary N) is 2. The van der Waals surface area contributed by atoms with Gasteiger partial charge < -0.3 is 10.6 Å². The van der Waals surface area contributed by atoms with Crippen LogP contribution in [0.2, 0.25) is 0 Å². The van der Waals surface area contributed by atoms with E-state index in [0.29, 0.717) is 6.54 Å². The number of aliphatic imine (C=N–C) groups is 1. The SMILES string of the molecule is C/C=C/CCNC(=NC)NCc1ccccc1-n1nc(C)cc1C. The van der Waals surface area contributed by atoms with Crippen LogP contribution in [-0.2, 0) is 6.54 Å². The van der Waals surface area contributed by atoms with Crippen molar-refractivity contribution in [1.82, 2.24) is 20.4 Å². The highest BCUT2D eigenvalue weighted by Gasteiger charge is 2.09. The Morgan fingerprint density at radius 3 is 2.71 bits per heavy atom. The Labute approximate surface area is 144 Å². The number of hydrogen-bond acceptors (Lipinski definition) is 2. The van der Waals surface area contributed by atoms with Crippen LogP contribution in [0, 0.1) is 13.8 Å². The van der Waals surface area contributed by atoms with Gasteiger partial charge in [-0.1, -0.05) is 30.4 Å². The highest BCUT2D eigenvalue weighted by Crippen LogP contribution is 2.16. The topological polar surface area (TPSA) is 54.2 Å². The van der Waals surface area contributed by atoms with Gasteiger partial charge in [0.1, 0.15) is 0 Å². The Kier molecular flexibility index (Phi) is 6.61. The van der Waals surface area contributed by atoms with Gasteiger partial charge in [0, 0.05) is 25.8 Å². The molecule has 0 saturated heterocycles. The smallest absolute Gasteiger partial charge is 0.191 e. The fourth-order valence-electron chi connectivity index (χ4n) is 2.58. The van der Waals surface area contributed by atoms with Crippen LogP contribution in [0.3, 0.4) is 0 Å². The van der Waals surface area contributed by atoms with E-state index in [0.717, 1.165) is 36.0 Å². The number of guanidine groups is 1. The molecule has 0 radical (unpaired) electrons. The van der Waals surface area contributed by atoms with Crippen molar-refractivity contribution in [3.63, 3.8) is 0 Å². The minimum atomic E-state index is 0.692. The lowest BCUT2D eigenvalue weighted by Crippen LogP contribution is -2.37. The molecule has 5 nitrogen and oxygen atoms in total. The second-order valence-corrected chi connectivity index (χ2v) is 5.68. The van der Waals surface area contributed by atoms with Crippen LogP contribution in [0.15, 0.2) is 47.5 Å². The largest absolute Gasteiger partial charge is 0.356 e. The predicted octanol–water partition coefficient (Wildman–Crippen LogP) is 3.12. The van der Waals surface area contributed by atoms with Gasteiger partial charge in [-0.3, -0.25) is 4.99 Å². The zero-order chi connectivity index (χ0) is 17.4. The summed E-state index contributed by atoms with van der Waals surface area (Å²) in [5, 5.41) is 11.3. The molecule has 0 amide bonds. The van der Waals surface area contributed by atoms with Crippen LogP contribution in [0.5, 0.6) is 0 Å². The van der Waals surface area contributed by atoms with Gasteiger partial charge in [0.15, 0.2) is 5.96 Å². The Balaban J connectivity index is 2.06. The molecule has 1 heterocycles. The lowest BCUT2D eigenvalue weighted by atomic mass is 10.1. The summed E-state index contributed by atoms with van der Waals surface area (Å²) in [4.78, 5) is 4.27. The van der Waals surface area contributed by atoms with Crippen LogP contribution in [0.1, 0.15) is 30.3 Å². The summed E-state index contributed by atoms with van der Waals surface area (Å²) in [6.45, 7) is 7.68. The Morgan fingerprint density at radius 1 is 1.25 bits per heavy atom. The molecule has 24 heavy (non-hydrogen) atoms. The number of para-hydroxylation sites is 1. The van der Waals surface area contributed by atoms with E-state index in [2.05, 4.69) is 64.1 Å². The van der Waals surface area contributed by atoms with E-state index in [1.807, 2.05) is 24.6 Å². The minimum Gasteiger partial charge on any atom is -0.356 e. The zero-order valence-electron chi connectivity index (χ0n) is 15.0. The number of benzene rings is 1. The number of nitrogens with zero attached hydrogens (tertiary/aromatic N) is 3. The Morgan fingerprint density at radius 2 is 2.04 bits per heavy atom. The fraction of sp³-hybridized carbons (Fsp3) is 0.368. The monoisotopic (exact) mass is 325 g/mol. The number of rotatable bonds is 6. The molecule has 0 spiro atoms. The lowest BCUT2D eigenvalue weighted by Gasteiger charge is -2.14. The predicted molar refractivity (Wildman–Crippen MR) is 101 cm³/mol. The van der Waals surface area contributed by atoms with Crippen LogP contribution >= 0.6 is 0 Å². The van der Waals surface area contributed by atoms with E-state index in [-0.39, 0.29) is 0 Å². The Hall–Kier alpha value is -2.56. The normalized spacial score (nSPS) is 11.9. The number of aromatic nitrogens is 2. The van der Waals surface area contributed by atoms with E-state index in [1.54, 1.807) is 7.05 Å². The van der Waals surface area contributed by atoms with Gasteiger partial charge in [0.2, 0.25) is 0 Å². The van der Waals surface area contributed by atoms with E-state index in [4.69, 9.17) is 0 Å². The molecule has 0 bridgehead atoms. The van der Waals surface area contributed by atoms with Gasteiger partial charge in [-0.2, -0.15) is 5.10 Å². The molecule has 2 aromatic rings. The summed E-state index contributed by atoms with van der Waals surface area (Å²) in [5.41, 5.74) is 4.44. The van der Waals surface area contributed by atoms with Crippen molar-refractivity contribution in [2.45, 2.75) is 33.7 Å². The van der Waals surface area contributed by atoms with Crippen LogP contribution < -0.4 is 10.6 Å². The van der Waals surface area contributed by atoms with Crippen LogP contribution in [0.4, 0.5) is 0 Å². The van der Waals surface area contributed by atoms with Crippen LogP contribution in [0.25, 0.3) is 5.69 Å². The molecule has 128 valence electrons. The van der Waals surface area contributed by atoms with Crippen molar-refractivity contribution in [3.8, 4) is 5.69 Å². The third-order valence-electron chi connectivity index (χ3n) is 3.74. The molecule has 1 aromatic heterocycles. The molecule has 2 rings (SSSR count). The molecule has 0 aliphatic rings. The van der Waals surface area contributed by atoms with Gasteiger partial charge in [-0.05, 0) is 44.9 Å². The summed E-state index contributed by atoms with van der Waals surface area (Å²) in [6.07, 6.45) is 5.18. The fourth-order valence-corrected chi connectivity index (χ4v) is 2.58. The van der Waals surface area contributed by atoms with Gasteiger partial charge in [0.05, 0.1) is 11.4 Å². The number of aryl methyl sites for hydroxylation is 2. The standard InChI is InChI=1S/C19H27N5/c1-5-6-9-12-21-19(20-4)22-14-17-10-7-8-11-18(17)24-16(3)13-15(2)23-24/h5-8,10-11,13H,9,12,14H2,1-4H3,(H2,20,21,22)/b6-5+. The molecule has 0 unspecified atom stereocenters. The van der Waals surface area contributed by atoms with E-state index >= 15 is 0 Å². The van der Waals surface area contributed by atoms with Crippen molar-refractivity contribution in [2.75, 3.05) is 13.6 Å². The van der Waals surface area contributed by atoms with Crippen LogP contribution in [-0.4, -0.2) is 29.3 Å². The average Bonchev–Trinajstić information content (AvgIpc) is 2.93. The zero-order valence-corrected chi connectivity index (χ0v) is 15.0. The summed E-state index contributed by atoms with van der Waals surface area (Å²) in [7, 11) is 1.79. The van der Waals surface area contributed by atoms with Gasteiger partial charge >= 0.3 is 0 Å². The molecule has 0 atom stereocenters. The molecule has 0 fully saturated rings. The summed E-state index contributed by atoms with van der Waals surface area (Å²) >= 11 is 0. The van der Waals surface area contributed by atoms with E-state index in [1.165, 1.54) is 5.56 Å². The summed E-state index contributed by atoms with van der Waals surface area (Å²) in [6, 6.07) is 10.4. The third-order valence-corrected chi connectivity index (χ3v) is 3.74. The minimum absolute atomic E-state index is 0.692. The maximum Gasteiger partial charge on any atom is 0.191 e. The van der Waals surface area contributed by atoms with Crippen molar-refractivity contribution in [1.29, 1.82) is 0 Å². The second kappa shape index (κ2) is 8.91. The van der Waals surface area contributed by atoms with Crippen molar-refractivity contribution >= 4 is 5.96 Å². The van der Waals surface area contributed by atoms with E-state index < -0.39 is 0 Å². The molecule has 0 aliphatic carbocycles. The first-order valence-electron chi connectivity index (χ1n) is 8.33. The molecule has 5 heteroatoms. The van der Waals surface area contributed by atoms with Crippen molar-refractivity contribution < 1.29 is 0 Å². The van der Waals surface area contributed by atoms with Gasteiger partial charge in [-0.15, -0.1) is 0 Å². The van der Waals surface area contributed by atoms with E-state index in [9.17, 15) is 0 Å². The quantitative estimate of drug-likeness (QED) is 0.371. The molecule has 1 aromatic carbocycles. The lowest BCUT2D eigenvalue weighted by molar-refractivity contribution is 0.779. The average molecular weight is 325 g/mol. The maximum atomic E-state index is 4.59. The maximum absolute atomic E-state index is 4.59. The molecular formula is C19H27N5. The molecule has 0 saturated carbocycles. The first kappa shape index (κ1) is 17.8.